The average Bonchev–Trinajstić information content (AvgIpc) is 2.77. The van der Waals surface area contributed by atoms with E-state index in [1.165, 1.54) is 0 Å². The summed E-state index contributed by atoms with van der Waals surface area (Å²) in [5, 5.41) is 30.9. The lowest BCUT2D eigenvalue weighted by molar-refractivity contribution is 0.460. The molecule has 4 aromatic carbocycles. The highest BCUT2D eigenvalue weighted by molar-refractivity contribution is 5.83. The van der Waals surface area contributed by atoms with Gasteiger partial charge in [0.05, 0.1) is 11.4 Å². The minimum absolute atomic E-state index is 0.108. The highest BCUT2D eigenvalue weighted by Crippen LogP contribution is 2.44. The number of hydrogen-bond donors (Lipinski definition) is 3. The fraction of sp³-hybridized carbons (Fsp3) is 0.111. The summed E-state index contributed by atoms with van der Waals surface area (Å²) in [7, 11) is 0. The Morgan fingerprint density at radius 3 is 1.59 bits per heavy atom. The van der Waals surface area contributed by atoms with Crippen LogP contribution >= 0.6 is 0 Å². The van der Waals surface area contributed by atoms with Crippen LogP contribution in [0.25, 0.3) is 0 Å². The molecule has 5 heteroatoms. The van der Waals surface area contributed by atoms with Gasteiger partial charge in [0.1, 0.15) is 28.7 Å². The highest BCUT2D eigenvalue weighted by atomic mass is 16.5. The first-order valence-electron chi connectivity index (χ1n) is 10.3. The Morgan fingerprint density at radius 2 is 1.06 bits per heavy atom. The SMILES string of the molecule is Cc1ccc(O)c(N(c2ccc(Oc3ccc(O)c(C)c3)cc2)c2cc(C)ccc2O)c1. The number of benzene rings is 4. The predicted octanol–water partition coefficient (Wildman–Crippen LogP) is 6.99. The van der Waals surface area contributed by atoms with Crippen LogP contribution in [0.15, 0.2) is 78.9 Å². The molecule has 4 rings (SSSR count). The summed E-state index contributed by atoms with van der Waals surface area (Å²) in [4.78, 5) is 1.82. The zero-order chi connectivity index (χ0) is 22.8. The molecule has 0 amide bonds. The van der Waals surface area contributed by atoms with Crippen LogP contribution in [0.4, 0.5) is 17.1 Å². The van der Waals surface area contributed by atoms with Crippen LogP contribution in [0.5, 0.6) is 28.7 Å². The number of ether oxygens (including phenoxy) is 1. The first-order valence-corrected chi connectivity index (χ1v) is 10.3. The smallest absolute Gasteiger partial charge is 0.139 e. The molecule has 32 heavy (non-hydrogen) atoms. The van der Waals surface area contributed by atoms with Gasteiger partial charge in [-0.2, -0.15) is 0 Å². The van der Waals surface area contributed by atoms with Crippen molar-refractivity contribution in [3.63, 3.8) is 0 Å². The molecule has 0 aromatic heterocycles. The van der Waals surface area contributed by atoms with Crippen molar-refractivity contribution in [2.75, 3.05) is 4.90 Å². The lowest BCUT2D eigenvalue weighted by Crippen LogP contribution is -2.11. The molecule has 4 aromatic rings. The topological polar surface area (TPSA) is 73.2 Å². The zero-order valence-electron chi connectivity index (χ0n) is 18.2. The second-order valence-electron chi connectivity index (χ2n) is 7.86. The Hall–Kier alpha value is -4.12. The normalized spacial score (nSPS) is 10.7. The van der Waals surface area contributed by atoms with Gasteiger partial charge in [0.25, 0.3) is 0 Å². The molecule has 0 aliphatic carbocycles. The van der Waals surface area contributed by atoms with Crippen LogP contribution in [0.2, 0.25) is 0 Å². The van der Waals surface area contributed by atoms with Gasteiger partial charge in [0.15, 0.2) is 0 Å². The Balaban J connectivity index is 1.75. The standard InChI is InChI=1S/C27H25NO4/c1-17-4-11-26(30)23(14-17)28(24-15-18(2)5-12-27(24)31)20-6-8-21(9-7-20)32-22-10-13-25(29)19(3)16-22/h4-16,29-31H,1-3H3. The van der Waals surface area contributed by atoms with E-state index in [0.29, 0.717) is 22.9 Å². The van der Waals surface area contributed by atoms with Gasteiger partial charge in [-0.3, -0.25) is 0 Å². The van der Waals surface area contributed by atoms with Gasteiger partial charge in [-0.05, 0) is 104 Å². The third-order valence-corrected chi connectivity index (χ3v) is 5.24. The van der Waals surface area contributed by atoms with E-state index >= 15 is 0 Å². The van der Waals surface area contributed by atoms with Gasteiger partial charge in [-0.25, -0.2) is 0 Å². The monoisotopic (exact) mass is 427 g/mol. The quantitative estimate of drug-likeness (QED) is 0.320. The van der Waals surface area contributed by atoms with Gasteiger partial charge in [-0.15, -0.1) is 0 Å². The molecule has 0 spiro atoms. The number of aryl methyl sites for hydroxylation is 3. The lowest BCUT2D eigenvalue weighted by Gasteiger charge is -2.27. The number of rotatable bonds is 5. The van der Waals surface area contributed by atoms with Gasteiger partial charge in [0.2, 0.25) is 0 Å². The van der Waals surface area contributed by atoms with Crippen molar-refractivity contribution in [3.05, 3.63) is 95.6 Å². The molecule has 5 nitrogen and oxygen atoms in total. The van der Waals surface area contributed by atoms with Gasteiger partial charge in [-0.1, -0.05) is 12.1 Å². The van der Waals surface area contributed by atoms with E-state index in [-0.39, 0.29) is 17.2 Å². The number of phenols is 3. The Morgan fingerprint density at radius 1 is 0.562 bits per heavy atom. The Labute approximate surface area is 187 Å². The molecule has 0 aliphatic rings. The zero-order valence-corrected chi connectivity index (χ0v) is 18.2. The minimum Gasteiger partial charge on any atom is -0.508 e. The number of hydrogen-bond acceptors (Lipinski definition) is 5. The molecule has 0 bridgehead atoms. The molecule has 3 N–H and O–H groups in total. The molecule has 162 valence electrons. The van der Waals surface area contributed by atoms with Crippen molar-refractivity contribution < 1.29 is 20.1 Å². The maximum atomic E-state index is 10.6. The molecule has 0 aliphatic heterocycles. The van der Waals surface area contributed by atoms with Crippen LogP contribution in [-0.4, -0.2) is 15.3 Å². The number of phenolic OH excluding ortho intramolecular Hbond substituents is 3. The summed E-state index contributed by atoms with van der Waals surface area (Å²) in [5.74, 6) is 1.69. The number of anilines is 3. The molecular weight excluding hydrogens is 402 g/mol. The summed E-state index contributed by atoms with van der Waals surface area (Å²) in [5.41, 5.74) is 4.58. The molecule has 0 heterocycles. The van der Waals surface area contributed by atoms with Crippen molar-refractivity contribution in [1.29, 1.82) is 0 Å². The average molecular weight is 428 g/mol. The van der Waals surface area contributed by atoms with Crippen LogP contribution in [0, 0.1) is 20.8 Å². The fourth-order valence-corrected chi connectivity index (χ4v) is 3.52. The molecule has 0 fully saturated rings. The van der Waals surface area contributed by atoms with Crippen LogP contribution < -0.4 is 9.64 Å². The molecular formula is C27H25NO4. The fourth-order valence-electron chi connectivity index (χ4n) is 3.52. The number of nitrogens with zero attached hydrogens (tertiary/aromatic N) is 1. The second kappa shape index (κ2) is 8.55. The van der Waals surface area contributed by atoms with E-state index in [4.69, 9.17) is 4.74 Å². The van der Waals surface area contributed by atoms with Crippen LogP contribution in [0.3, 0.4) is 0 Å². The maximum Gasteiger partial charge on any atom is 0.139 e. The van der Waals surface area contributed by atoms with E-state index in [1.54, 1.807) is 30.3 Å². The lowest BCUT2D eigenvalue weighted by atomic mass is 10.1. The van der Waals surface area contributed by atoms with Crippen LogP contribution in [-0.2, 0) is 0 Å². The summed E-state index contributed by atoms with van der Waals surface area (Å²) in [6.45, 7) is 5.72. The van der Waals surface area contributed by atoms with E-state index in [1.807, 2.05) is 74.2 Å². The van der Waals surface area contributed by atoms with Gasteiger partial charge >= 0.3 is 0 Å². The third-order valence-electron chi connectivity index (χ3n) is 5.24. The summed E-state index contributed by atoms with van der Waals surface area (Å²) in [6, 6.07) is 23.2. The predicted molar refractivity (Wildman–Crippen MR) is 127 cm³/mol. The molecule has 0 saturated heterocycles. The molecule has 0 unspecified atom stereocenters. The largest absolute Gasteiger partial charge is 0.508 e. The molecule has 0 atom stereocenters. The second-order valence-corrected chi connectivity index (χ2v) is 7.86. The summed E-state index contributed by atoms with van der Waals surface area (Å²) < 4.78 is 5.92. The van der Waals surface area contributed by atoms with Crippen molar-refractivity contribution in [2.45, 2.75) is 20.8 Å². The van der Waals surface area contributed by atoms with E-state index in [2.05, 4.69) is 0 Å². The first kappa shape index (κ1) is 21.1. The van der Waals surface area contributed by atoms with Crippen molar-refractivity contribution in [1.82, 2.24) is 0 Å². The highest BCUT2D eigenvalue weighted by Gasteiger charge is 2.19. The summed E-state index contributed by atoms with van der Waals surface area (Å²) in [6.07, 6.45) is 0. The van der Waals surface area contributed by atoms with Gasteiger partial charge in [0, 0.05) is 5.69 Å². The van der Waals surface area contributed by atoms with Crippen molar-refractivity contribution >= 4 is 17.1 Å². The maximum absolute atomic E-state index is 10.6. The number of aromatic hydroxyl groups is 3. The molecule has 0 saturated carbocycles. The Kier molecular flexibility index (Phi) is 5.65. The van der Waals surface area contributed by atoms with Crippen molar-refractivity contribution in [2.24, 2.45) is 0 Å². The van der Waals surface area contributed by atoms with E-state index in [0.717, 1.165) is 22.4 Å². The van der Waals surface area contributed by atoms with Crippen molar-refractivity contribution in [3.8, 4) is 28.7 Å². The van der Waals surface area contributed by atoms with E-state index < -0.39 is 0 Å². The Bertz CT molecular complexity index is 1210. The molecule has 0 radical (unpaired) electrons. The first-order chi connectivity index (χ1) is 15.3. The van der Waals surface area contributed by atoms with Crippen LogP contribution in [0.1, 0.15) is 16.7 Å². The summed E-state index contributed by atoms with van der Waals surface area (Å²) >= 11 is 0. The van der Waals surface area contributed by atoms with E-state index in [9.17, 15) is 15.3 Å². The third kappa shape index (κ3) is 4.32. The van der Waals surface area contributed by atoms with Gasteiger partial charge < -0.3 is 25.0 Å². The minimum atomic E-state index is 0.108.